The van der Waals surface area contributed by atoms with Crippen LogP contribution in [-0.2, 0) is 0 Å². The predicted molar refractivity (Wildman–Crippen MR) is 46.4 cm³/mol. The van der Waals surface area contributed by atoms with Gasteiger partial charge in [-0.2, -0.15) is 0 Å². The maximum absolute atomic E-state index is 5.79. The molecule has 68 valence electrons. The van der Waals surface area contributed by atoms with E-state index in [0.717, 1.165) is 0 Å². The monoisotopic (exact) mass is 170 g/mol. The largest absolute Gasteiger partial charge is 0.366 e. The van der Waals surface area contributed by atoms with Crippen molar-refractivity contribution < 1.29 is 0 Å². The van der Waals surface area contributed by atoms with E-state index in [0.29, 0.717) is 5.82 Å². The zero-order valence-corrected chi connectivity index (χ0v) is 7.23. The minimum atomic E-state index is -0.222. The highest BCUT2D eigenvalue weighted by molar-refractivity contribution is 5.18. The molecule has 0 aliphatic rings. The summed E-state index contributed by atoms with van der Waals surface area (Å²) in [6, 6.07) is -0.222. The van der Waals surface area contributed by atoms with E-state index in [1.165, 1.54) is 4.68 Å². The lowest BCUT2D eigenvalue weighted by molar-refractivity contribution is 0.481. The molecule has 1 heterocycles. The molecule has 12 heavy (non-hydrogen) atoms. The molecule has 0 amide bonds. The number of nitrogen functional groups attached to an aromatic ring is 2. The topological polar surface area (TPSA) is 109 Å². The van der Waals surface area contributed by atoms with E-state index < -0.39 is 0 Å². The van der Waals surface area contributed by atoms with Crippen LogP contribution >= 0.6 is 0 Å². The maximum Gasteiger partial charge on any atom is 0.240 e. The molecule has 0 aliphatic carbocycles. The predicted octanol–water partition coefficient (Wildman–Crippen LogP) is -0.770. The number of hydrogen-bond donors (Lipinski definition) is 3. The first-order valence-corrected chi connectivity index (χ1v) is 3.75. The van der Waals surface area contributed by atoms with Crippen molar-refractivity contribution >= 4 is 5.95 Å². The summed E-state index contributed by atoms with van der Waals surface area (Å²) < 4.78 is 1.21. The van der Waals surface area contributed by atoms with Crippen LogP contribution in [-0.4, -0.2) is 14.9 Å². The number of anilines is 1. The summed E-state index contributed by atoms with van der Waals surface area (Å²) in [6.45, 7) is 3.96. The Morgan fingerprint density at radius 2 is 1.92 bits per heavy atom. The van der Waals surface area contributed by atoms with Gasteiger partial charge in [0.25, 0.3) is 0 Å². The molecule has 0 radical (unpaired) electrons. The molecule has 6 nitrogen and oxygen atoms in total. The zero-order chi connectivity index (χ0) is 9.30. The first-order chi connectivity index (χ1) is 5.54. The van der Waals surface area contributed by atoms with E-state index in [2.05, 4.69) is 10.2 Å². The Bertz CT molecular complexity index is 265. The van der Waals surface area contributed by atoms with Crippen molar-refractivity contribution in [3.8, 4) is 0 Å². The molecule has 0 bridgehead atoms. The van der Waals surface area contributed by atoms with Gasteiger partial charge in [0.1, 0.15) is 0 Å². The lowest BCUT2D eigenvalue weighted by Gasteiger charge is -2.13. The molecule has 0 spiro atoms. The van der Waals surface area contributed by atoms with Gasteiger partial charge in [-0.3, -0.25) is 0 Å². The molecule has 1 aromatic heterocycles. The van der Waals surface area contributed by atoms with Gasteiger partial charge in [-0.25, -0.2) is 4.68 Å². The summed E-state index contributed by atoms with van der Waals surface area (Å²) in [6.07, 6.45) is 0. The van der Waals surface area contributed by atoms with Crippen LogP contribution in [0.1, 0.15) is 25.7 Å². The van der Waals surface area contributed by atoms with Gasteiger partial charge in [0, 0.05) is 0 Å². The van der Waals surface area contributed by atoms with Crippen LogP contribution in [0.4, 0.5) is 5.95 Å². The third-order valence-electron chi connectivity index (χ3n) is 1.76. The summed E-state index contributed by atoms with van der Waals surface area (Å²) >= 11 is 0. The fourth-order valence-electron chi connectivity index (χ4n) is 0.842. The Morgan fingerprint density at radius 1 is 1.33 bits per heavy atom. The van der Waals surface area contributed by atoms with Crippen molar-refractivity contribution in [3.63, 3.8) is 0 Å². The summed E-state index contributed by atoms with van der Waals surface area (Å²) in [5.74, 6) is 6.49. The molecule has 0 saturated heterocycles. The highest BCUT2D eigenvalue weighted by atomic mass is 15.4. The van der Waals surface area contributed by atoms with E-state index in [1.54, 1.807) is 0 Å². The maximum atomic E-state index is 5.79. The highest BCUT2D eigenvalue weighted by Crippen LogP contribution is 2.16. The summed E-state index contributed by atoms with van der Waals surface area (Å²) in [5, 5.41) is 7.38. The van der Waals surface area contributed by atoms with Crippen LogP contribution in [0.5, 0.6) is 0 Å². The second-order valence-electron chi connectivity index (χ2n) is 3.06. The lowest BCUT2D eigenvalue weighted by atomic mass is 10.1. The fourth-order valence-corrected chi connectivity index (χ4v) is 0.842. The summed E-state index contributed by atoms with van der Waals surface area (Å²) in [5.41, 5.74) is 11.2. The van der Waals surface area contributed by atoms with E-state index in [9.17, 15) is 0 Å². The third kappa shape index (κ3) is 1.33. The van der Waals surface area contributed by atoms with Gasteiger partial charge in [0.2, 0.25) is 5.95 Å². The van der Waals surface area contributed by atoms with Crippen molar-refractivity contribution in [1.82, 2.24) is 14.9 Å². The fraction of sp³-hybridized carbons (Fsp3) is 0.667. The van der Waals surface area contributed by atoms with Crippen LogP contribution in [0, 0.1) is 5.92 Å². The van der Waals surface area contributed by atoms with Crippen LogP contribution in [0.15, 0.2) is 0 Å². The Morgan fingerprint density at radius 3 is 2.25 bits per heavy atom. The van der Waals surface area contributed by atoms with E-state index in [1.807, 2.05) is 13.8 Å². The average molecular weight is 170 g/mol. The Labute approximate surface area is 70.7 Å². The Kier molecular flexibility index (Phi) is 2.18. The van der Waals surface area contributed by atoms with Crippen LogP contribution in [0.3, 0.4) is 0 Å². The quantitative estimate of drug-likeness (QED) is 0.505. The number of aromatic nitrogens is 3. The average Bonchev–Trinajstić information content (AvgIpc) is 2.32. The molecule has 6 heteroatoms. The number of hydrogen-bond acceptors (Lipinski definition) is 5. The first kappa shape index (κ1) is 8.79. The van der Waals surface area contributed by atoms with Crippen molar-refractivity contribution in [2.45, 2.75) is 19.9 Å². The van der Waals surface area contributed by atoms with E-state index >= 15 is 0 Å². The first-order valence-electron chi connectivity index (χ1n) is 3.75. The summed E-state index contributed by atoms with van der Waals surface area (Å²) in [7, 11) is 0. The van der Waals surface area contributed by atoms with Crippen molar-refractivity contribution in [3.05, 3.63) is 5.82 Å². The van der Waals surface area contributed by atoms with Crippen molar-refractivity contribution in [2.75, 3.05) is 11.6 Å². The van der Waals surface area contributed by atoms with Crippen LogP contribution < -0.4 is 17.3 Å². The van der Waals surface area contributed by atoms with E-state index in [-0.39, 0.29) is 17.9 Å². The van der Waals surface area contributed by atoms with Crippen molar-refractivity contribution in [1.29, 1.82) is 0 Å². The zero-order valence-electron chi connectivity index (χ0n) is 7.23. The van der Waals surface area contributed by atoms with Gasteiger partial charge in [0.15, 0.2) is 5.82 Å². The van der Waals surface area contributed by atoms with Gasteiger partial charge in [-0.1, -0.05) is 13.8 Å². The Hall–Kier alpha value is -1.30. The second-order valence-corrected chi connectivity index (χ2v) is 3.06. The molecule has 1 atom stereocenters. The molecule has 0 aliphatic heterocycles. The second kappa shape index (κ2) is 2.98. The standard InChI is InChI=1S/C6H14N6/c1-3(2)4(7)5-10-11-6(8)12(5)9/h3-4H,7,9H2,1-2H3,(H2,8,11)/t4-/m1/s1. The van der Waals surface area contributed by atoms with Gasteiger partial charge < -0.3 is 17.3 Å². The molecular weight excluding hydrogens is 156 g/mol. The molecule has 0 fully saturated rings. The molecule has 1 rings (SSSR count). The molecule has 6 N–H and O–H groups in total. The normalized spacial score (nSPS) is 13.7. The SMILES string of the molecule is CC(C)[C@@H](N)c1nnc(N)n1N. The Balaban J connectivity index is 2.95. The molecule has 0 unspecified atom stereocenters. The van der Waals surface area contributed by atoms with Gasteiger partial charge in [-0.05, 0) is 5.92 Å². The minimum Gasteiger partial charge on any atom is -0.366 e. The molecule has 1 aromatic rings. The van der Waals surface area contributed by atoms with Crippen LogP contribution in [0.2, 0.25) is 0 Å². The smallest absolute Gasteiger partial charge is 0.240 e. The molecule has 0 aromatic carbocycles. The van der Waals surface area contributed by atoms with Crippen molar-refractivity contribution in [2.24, 2.45) is 11.7 Å². The minimum absolute atomic E-state index is 0.182. The lowest BCUT2D eigenvalue weighted by Crippen LogP contribution is -2.25. The molecule has 0 saturated carbocycles. The number of nitrogens with two attached hydrogens (primary N) is 3. The van der Waals surface area contributed by atoms with Crippen LogP contribution in [0.25, 0.3) is 0 Å². The van der Waals surface area contributed by atoms with Gasteiger partial charge in [0.05, 0.1) is 6.04 Å². The van der Waals surface area contributed by atoms with Gasteiger partial charge in [-0.15, -0.1) is 10.2 Å². The highest BCUT2D eigenvalue weighted by Gasteiger charge is 2.17. The molecular formula is C6H14N6. The third-order valence-corrected chi connectivity index (χ3v) is 1.76. The number of nitrogens with zero attached hydrogens (tertiary/aromatic N) is 3. The van der Waals surface area contributed by atoms with E-state index in [4.69, 9.17) is 17.3 Å². The number of rotatable bonds is 2. The summed E-state index contributed by atoms with van der Waals surface area (Å²) in [4.78, 5) is 0. The van der Waals surface area contributed by atoms with Gasteiger partial charge >= 0.3 is 0 Å².